The van der Waals surface area contributed by atoms with Gasteiger partial charge in [-0.15, -0.1) is 0 Å². The molecule has 0 aliphatic rings. The molecule has 2 unspecified atom stereocenters. The van der Waals surface area contributed by atoms with Crippen LogP contribution in [-0.2, 0) is 4.79 Å². The summed E-state index contributed by atoms with van der Waals surface area (Å²) in [6.07, 6.45) is 84.7. The monoisotopic (exact) mass is 932 g/mol. The van der Waals surface area contributed by atoms with Crippen LogP contribution < -0.4 is 5.32 Å². The van der Waals surface area contributed by atoms with E-state index in [1.807, 2.05) is 6.08 Å². The molecule has 0 fully saturated rings. The Morgan fingerprint density at radius 1 is 0.373 bits per heavy atom. The maximum atomic E-state index is 12.5. The van der Waals surface area contributed by atoms with Crippen LogP contribution in [0.4, 0.5) is 0 Å². The number of carbonyl (C=O) groups is 1. The molecule has 0 bridgehead atoms. The fourth-order valence-electron chi connectivity index (χ4n) is 8.67. The van der Waals surface area contributed by atoms with Crippen LogP contribution in [0.2, 0.25) is 0 Å². The van der Waals surface area contributed by atoms with Gasteiger partial charge in [-0.25, -0.2) is 0 Å². The van der Waals surface area contributed by atoms with Crippen molar-refractivity contribution in [3.8, 4) is 0 Å². The van der Waals surface area contributed by atoms with Gasteiger partial charge in [-0.05, 0) is 83.5 Å². The first kappa shape index (κ1) is 64.6. The minimum atomic E-state index is -0.878. The average Bonchev–Trinajstić information content (AvgIpc) is 3.33. The summed E-state index contributed by atoms with van der Waals surface area (Å²) in [7, 11) is 0. The molecule has 0 aliphatic heterocycles. The number of aliphatic hydroxyl groups is 2. The van der Waals surface area contributed by atoms with Crippen LogP contribution in [0.3, 0.4) is 0 Å². The first-order valence-corrected chi connectivity index (χ1v) is 29.3. The van der Waals surface area contributed by atoms with Crippen LogP contribution in [0.15, 0.2) is 85.1 Å². The molecule has 388 valence electrons. The second-order valence-corrected chi connectivity index (χ2v) is 19.7. The lowest BCUT2D eigenvalue weighted by Crippen LogP contribution is -2.45. The third-order valence-corrected chi connectivity index (χ3v) is 13.1. The van der Waals surface area contributed by atoms with Crippen molar-refractivity contribution in [3.63, 3.8) is 0 Å². The Bertz CT molecular complexity index is 1190. The van der Waals surface area contributed by atoms with Crippen LogP contribution in [0.25, 0.3) is 0 Å². The van der Waals surface area contributed by atoms with Crippen molar-refractivity contribution in [1.29, 1.82) is 0 Å². The molecule has 0 aromatic heterocycles. The summed E-state index contributed by atoms with van der Waals surface area (Å²) in [6, 6.07) is -0.654. The highest BCUT2D eigenvalue weighted by Gasteiger charge is 2.18. The van der Waals surface area contributed by atoms with Crippen molar-refractivity contribution in [2.45, 2.75) is 302 Å². The van der Waals surface area contributed by atoms with Crippen molar-refractivity contribution < 1.29 is 15.0 Å². The van der Waals surface area contributed by atoms with Crippen LogP contribution in [0, 0.1) is 0 Å². The Hall–Kier alpha value is -2.43. The predicted octanol–water partition coefficient (Wildman–Crippen LogP) is 19.5. The molecule has 0 spiro atoms. The topological polar surface area (TPSA) is 69.6 Å². The van der Waals surface area contributed by atoms with Crippen LogP contribution in [0.1, 0.15) is 290 Å². The van der Waals surface area contributed by atoms with E-state index < -0.39 is 12.1 Å². The number of allylic oxidation sites excluding steroid dienone is 13. The molecule has 2 atom stereocenters. The first-order chi connectivity index (χ1) is 33.2. The summed E-state index contributed by atoms with van der Waals surface area (Å²) < 4.78 is 0. The predicted molar refractivity (Wildman–Crippen MR) is 299 cm³/mol. The summed E-state index contributed by atoms with van der Waals surface area (Å²) in [5, 5.41) is 23.2. The van der Waals surface area contributed by atoms with Crippen molar-refractivity contribution in [2.24, 2.45) is 0 Å². The van der Waals surface area contributed by atoms with Crippen molar-refractivity contribution >= 4 is 5.91 Å². The van der Waals surface area contributed by atoms with Crippen molar-refractivity contribution in [1.82, 2.24) is 5.32 Å². The Labute approximate surface area is 418 Å². The van der Waals surface area contributed by atoms with Crippen LogP contribution >= 0.6 is 0 Å². The molecule has 0 saturated heterocycles. The average molecular weight is 933 g/mol. The van der Waals surface area contributed by atoms with Crippen LogP contribution in [0.5, 0.6) is 0 Å². The first-order valence-electron chi connectivity index (χ1n) is 29.3. The van der Waals surface area contributed by atoms with Gasteiger partial charge in [0, 0.05) is 6.42 Å². The number of amides is 1. The van der Waals surface area contributed by atoms with Crippen molar-refractivity contribution in [3.05, 3.63) is 85.1 Å². The molecular weight excluding hydrogens is 819 g/mol. The van der Waals surface area contributed by atoms with Gasteiger partial charge >= 0.3 is 0 Å². The maximum absolute atomic E-state index is 12.5. The largest absolute Gasteiger partial charge is 0.394 e. The quantitative estimate of drug-likeness (QED) is 0.0420. The molecule has 0 rings (SSSR count). The Kier molecular flexibility index (Phi) is 55.8. The second kappa shape index (κ2) is 57.9. The third-order valence-electron chi connectivity index (χ3n) is 13.1. The SMILES string of the molecule is CC/C=C\C/C=C\C/C=C\C/C=C\CCCCCCCCCCCCC(=O)NC(CO)C(O)/C=C/CC/C=C/CC/C=C/CCCCCCCCCCCCCCCCCCCCCCCC. The molecule has 1 amide bonds. The molecule has 0 aromatic rings. The van der Waals surface area contributed by atoms with Gasteiger partial charge in [0.25, 0.3) is 0 Å². The fourth-order valence-corrected chi connectivity index (χ4v) is 8.67. The summed E-state index contributed by atoms with van der Waals surface area (Å²) in [4.78, 5) is 12.5. The number of carbonyl (C=O) groups excluding carboxylic acids is 1. The molecular formula is C63H113NO3. The second-order valence-electron chi connectivity index (χ2n) is 19.7. The minimum Gasteiger partial charge on any atom is -0.394 e. The van der Waals surface area contributed by atoms with Gasteiger partial charge in [-0.1, -0.05) is 285 Å². The van der Waals surface area contributed by atoms with Gasteiger partial charge in [0.1, 0.15) is 0 Å². The van der Waals surface area contributed by atoms with Gasteiger partial charge < -0.3 is 15.5 Å². The lowest BCUT2D eigenvalue weighted by molar-refractivity contribution is -0.123. The van der Waals surface area contributed by atoms with E-state index in [1.165, 1.54) is 205 Å². The number of aliphatic hydroxyl groups excluding tert-OH is 2. The Morgan fingerprint density at radius 3 is 1.04 bits per heavy atom. The Morgan fingerprint density at radius 2 is 0.672 bits per heavy atom. The minimum absolute atomic E-state index is 0.0835. The van der Waals surface area contributed by atoms with Gasteiger partial charge in [0.2, 0.25) is 5.91 Å². The summed E-state index contributed by atoms with van der Waals surface area (Å²) in [6.45, 7) is 4.20. The smallest absolute Gasteiger partial charge is 0.220 e. The zero-order valence-corrected chi connectivity index (χ0v) is 44.7. The van der Waals surface area contributed by atoms with Crippen LogP contribution in [-0.4, -0.2) is 34.9 Å². The summed E-state index contributed by atoms with van der Waals surface area (Å²) >= 11 is 0. The van der Waals surface area contributed by atoms with E-state index in [2.05, 4.69) is 92.1 Å². The van der Waals surface area contributed by atoms with E-state index in [0.29, 0.717) is 6.42 Å². The normalized spacial score (nSPS) is 13.4. The number of hydrogen-bond donors (Lipinski definition) is 3. The highest BCUT2D eigenvalue weighted by molar-refractivity contribution is 5.76. The van der Waals surface area contributed by atoms with E-state index >= 15 is 0 Å². The number of unbranched alkanes of at least 4 members (excludes halogenated alkanes) is 34. The van der Waals surface area contributed by atoms with E-state index in [0.717, 1.165) is 64.2 Å². The molecule has 0 saturated carbocycles. The molecule has 4 heteroatoms. The molecule has 67 heavy (non-hydrogen) atoms. The van der Waals surface area contributed by atoms with Gasteiger partial charge in [-0.2, -0.15) is 0 Å². The van der Waals surface area contributed by atoms with Gasteiger partial charge in [0.15, 0.2) is 0 Å². The molecule has 0 heterocycles. The number of nitrogens with one attached hydrogen (secondary N) is 1. The maximum Gasteiger partial charge on any atom is 0.220 e. The number of rotatable bonds is 53. The van der Waals surface area contributed by atoms with Gasteiger partial charge in [0.05, 0.1) is 18.8 Å². The number of hydrogen-bond acceptors (Lipinski definition) is 3. The highest BCUT2D eigenvalue weighted by atomic mass is 16.3. The highest BCUT2D eigenvalue weighted by Crippen LogP contribution is 2.17. The van der Waals surface area contributed by atoms with Gasteiger partial charge in [-0.3, -0.25) is 4.79 Å². The van der Waals surface area contributed by atoms with E-state index in [9.17, 15) is 15.0 Å². The molecule has 0 aromatic carbocycles. The standard InChI is InChI=1S/C63H113NO3/c1-3-5-7-9-11-13-15-17-19-21-23-25-27-28-29-30-31-32-33-34-35-37-38-40-42-44-46-48-50-52-54-56-58-62(66)61(60-65)64-63(67)59-57-55-53-51-49-47-45-43-41-39-36-26-24-22-20-18-16-14-12-10-8-6-4-2/h6,8,12,14,18,20,24,26,40,42,48,50,56,58,61-62,65-66H,3-5,7,9-11,13,15-17,19,21-23,25,27-39,41,43-47,49,51-55,57,59-60H2,1-2H3,(H,64,67)/b8-6-,14-12-,20-18-,26-24-,42-40+,50-48+,58-56+. The van der Waals surface area contributed by atoms with Crippen molar-refractivity contribution in [2.75, 3.05) is 6.61 Å². The molecule has 0 aliphatic carbocycles. The third kappa shape index (κ3) is 54.4. The van der Waals surface area contributed by atoms with E-state index in [4.69, 9.17) is 0 Å². The summed E-state index contributed by atoms with van der Waals surface area (Å²) in [5.41, 5.74) is 0. The Balaban J connectivity index is 3.56. The lowest BCUT2D eigenvalue weighted by atomic mass is 10.0. The summed E-state index contributed by atoms with van der Waals surface area (Å²) in [5.74, 6) is -0.0835. The fraction of sp³-hybridized carbons (Fsp3) is 0.762. The van der Waals surface area contributed by atoms with E-state index in [1.54, 1.807) is 6.08 Å². The molecule has 0 radical (unpaired) electrons. The molecule has 3 N–H and O–H groups in total. The molecule has 4 nitrogen and oxygen atoms in total. The zero-order valence-electron chi connectivity index (χ0n) is 44.7. The van der Waals surface area contributed by atoms with E-state index in [-0.39, 0.29) is 12.5 Å². The zero-order chi connectivity index (χ0) is 48.5. The lowest BCUT2D eigenvalue weighted by Gasteiger charge is -2.19.